The second kappa shape index (κ2) is 6.33. The normalized spacial score (nSPS) is 18.3. The summed E-state index contributed by atoms with van der Waals surface area (Å²) in [5, 5.41) is 2.78. The molecule has 0 aliphatic carbocycles. The van der Waals surface area contributed by atoms with Gasteiger partial charge in [-0.05, 0) is 42.8 Å². The predicted octanol–water partition coefficient (Wildman–Crippen LogP) is 2.85. The van der Waals surface area contributed by atoms with Crippen LogP contribution in [-0.4, -0.2) is 25.2 Å². The highest BCUT2D eigenvalue weighted by Crippen LogP contribution is 2.37. The summed E-state index contributed by atoms with van der Waals surface area (Å²) < 4.78 is 23.8. The largest absolute Gasteiger partial charge is 0.454 e. The molecule has 7 heteroatoms. The van der Waals surface area contributed by atoms with Crippen molar-refractivity contribution in [3.05, 3.63) is 47.8 Å². The average molecular weight is 356 g/mol. The topological polar surface area (TPSA) is 67.9 Å². The quantitative estimate of drug-likeness (QED) is 0.918. The van der Waals surface area contributed by atoms with E-state index >= 15 is 0 Å². The number of rotatable bonds is 3. The molecule has 2 amide bonds. The van der Waals surface area contributed by atoms with E-state index < -0.39 is 5.92 Å². The summed E-state index contributed by atoms with van der Waals surface area (Å²) >= 11 is 0. The zero-order chi connectivity index (χ0) is 18.3. The second-order valence-corrected chi connectivity index (χ2v) is 6.39. The highest BCUT2D eigenvalue weighted by atomic mass is 19.1. The molecule has 4 rings (SSSR count). The van der Waals surface area contributed by atoms with E-state index in [1.165, 1.54) is 18.2 Å². The number of hydrogen-bond acceptors (Lipinski definition) is 4. The number of fused-ring (bicyclic) bond motifs is 1. The summed E-state index contributed by atoms with van der Waals surface area (Å²) in [5.74, 6) is 0.0191. The van der Waals surface area contributed by atoms with Crippen molar-refractivity contribution in [2.75, 3.05) is 23.6 Å². The van der Waals surface area contributed by atoms with Gasteiger partial charge in [-0.1, -0.05) is 0 Å². The molecule has 1 atom stereocenters. The molecule has 1 unspecified atom stereocenters. The number of benzene rings is 2. The number of aryl methyl sites for hydroxylation is 1. The van der Waals surface area contributed by atoms with Crippen LogP contribution in [0.25, 0.3) is 0 Å². The van der Waals surface area contributed by atoms with Crippen molar-refractivity contribution in [2.24, 2.45) is 5.92 Å². The summed E-state index contributed by atoms with van der Waals surface area (Å²) in [6.45, 7) is 2.16. The van der Waals surface area contributed by atoms with Crippen molar-refractivity contribution >= 4 is 23.2 Å². The summed E-state index contributed by atoms with van der Waals surface area (Å²) in [6, 6.07) is 9.44. The monoisotopic (exact) mass is 356 g/mol. The lowest BCUT2D eigenvalue weighted by atomic mass is 10.1. The van der Waals surface area contributed by atoms with E-state index in [-0.39, 0.29) is 37.4 Å². The molecule has 2 aliphatic heterocycles. The second-order valence-electron chi connectivity index (χ2n) is 6.39. The van der Waals surface area contributed by atoms with E-state index in [0.717, 1.165) is 0 Å². The van der Waals surface area contributed by atoms with Crippen LogP contribution in [0.4, 0.5) is 15.8 Å². The fourth-order valence-corrected chi connectivity index (χ4v) is 3.19. The Morgan fingerprint density at radius 3 is 2.81 bits per heavy atom. The number of hydrogen-bond donors (Lipinski definition) is 1. The molecule has 6 nitrogen and oxygen atoms in total. The lowest BCUT2D eigenvalue weighted by Gasteiger charge is -2.17. The number of carbonyl (C=O) groups is 2. The Bertz CT molecular complexity index is 899. The fourth-order valence-electron chi connectivity index (χ4n) is 3.19. The molecule has 1 fully saturated rings. The number of halogens is 1. The first-order valence-corrected chi connectivity index (χ1v) is 8.28. The van der Waals surface area contributed by atoms with Crippen molar-refractivity contribution in [3.63, 3.8) is 0 Å². The highest BCUT2D eigenvalue weighted by Gasteiger charge is 2.35. The zero-order valence-corrected chi connectivity index (χ0v) is 14.1. The number of anilines is 2. The fraction of sp³-hybridized carbons (Fsp3) is 0.263. The van der Waals surface area contributed by atoms with Crippen molar-refractivity contribution in [1.29, 1.82) is 0 Å². The molecule has 0 aromatic heterocycles. The third kappa shape index (κ3) is 2.96. The number of amides is 2. The van der Waals surface area contributed by atoms with E-state index in [1.807, 2.05) is 0 Å². The summed E-state index contributed by atoms with van der Waals surface area (Å²) in [7, 11) is 0. The first-order valence-electron chi connectivity index (χ1n) is 8.28. The van der Waals surface area contributed by atoms with E-state index in [0.29, 0.717) is 28.4 Å². The SMILES string of the molecule is Cc1cc(F)ccc1NC(=O)C1CC(=O)N(c2ccc3c(c2)OCO3)C1. The van der Waals surface area contributed by atoms with Crippen LogP contribution in [0.15, 0.2) is 36.4 Å². The molecule has 2 heterocycles. The van der Waals surface area contributed by atoms with Gasteiger partial charge in [0.1, 0.15) is 5.82 Å². The maximum absolute atomic E-state index is 13.2. The van der Waals surface area contributed by atoms with Crippen LogP contribution in [0, 0.1) is 18.7 Å². The Balaban J connectivity index is 1.48. The van der Waals surface area contributed by atoms with Gasteiger partial charge in [0.15, 0.2) is 11.5 Å². The number of carbonyl (C=O) groups excluding carboxylic acids is 2. The molecule has 0 spiro atoms. The Hall–Kier alpha value is -3.09. The van der Waals surface area contributed by atoms with Crippen molar-refractivity contribution in [3.8, 4) is 11.5 Å². The molecular weight excluding hydrogens is 339 g/mol. The molecule has 26 heavy (non-hydrogen) atoms. The van der Waals surface area contributed by atoms with E-state index in [9.17, 15) is 14.0 Å². The van der Waals surface area contributed by atoms with Gasteiger partial charge in [0.2, 0.25) is 18.6 Å². The Morgan fingerprint density at radius 1 is 1.19 bits per heavy atom. The van der Waals surface area contributed by atoms with Gasteiger partial charge in [-0.3, -0.25) is 9.59 Å². The maximum Gasteiger partial charge on any atom is 0.231 e. The molecule has 2 aliphatic rings. The lowest BCUT2D eigenvalue weighted by Crippen LogP contribution is -2.28. The third-order valence-electron chi connectivity index (χ3n) is 4.61. The van der Waals surface area contributed by atoms with E-state index in [1.54, 1.807) is 30.0 Å². The summed E-state index contributed by atoms with van der Waals surface area (Å²) in [5.41, 5.74) is 1.85. The molecule has 1 N–H and O–H groups in total. The van der Waals surface area contributed by atoms with Gasteiger partial charge in [-0.15, -0.1) is 0 Å². The highest BCUT2D eigenvalue weighted by molar-refractivity contribution is 6.03. The van der Waals surface area contributed by atoms with Gasteiger partial charge < -0.3 is 19.7 Å². The van der Waals surface area contributed by atoms with Crippen LogP contribution in [0.3, 0.4) is 0 Å². The minimum atomic E-state index is -0.475. The Kier molecular flexibility index (Phi) is 3.99. The molecule has 0 radical (unpaired) electrons. The molecule has 1 saturated heterocycles. The lowest BCUT2D eigenvalue weighted by molar-refractivity contribution is -0.122. The first kappa shape index (κ1) is 16.4. The average Bonchev–Trinajstić information content (AvgIpc) is 3.23. The predicted molar refractivity (Wildman–Crippen MR) is 92.8 cm³/mol. The molecular formula is C19H17FN2O4. The third-order valence-corrected chi connectivity index (χ3v) is 4.61. The van der Waals surface area contributed by atoms with Crippen molar-refractivity contribution in [2.45, 2.75) is 13.3 Å². The summed E-state index contributed by atoms with van der Waals surface area (Å²) in [6.07, 6.45) is 0.126. The zero-order valence-electron chi connectivity index (χ0n) is 14.1. The molecule has 0 bridgehead atoms. The van der Waals surface area contributed by atoms with Gasteiger partial charge in [0.05, 0.1) is 5.92 Å². The molecule has 134 valence electrons. The first-order chi connectivity index (χ1) is 12.5. The molecule has 0 saturated carbocycles. The smallest absolute Gasteiger partial charge is 0.231 e. The van der Waals surface area contributed by atoms with E-state index in [4.69, 9.17) is 9.47 Å². The van der Waals surface area contributed by atoms with Gasteiger partial charge in [-0.2, -0.15) is 0 Å². The van der Waals surface area contributed by atoms with Crippen LogP contribution >= 0.6 is 0 Å². The van der Waals surface area contributed by atoms with Crippen molar-refractivity contribution in [1.82, 2.24) is 0 Å². The Morgan fingerprint density at radius 2 is 2.00 bits per heavy atom. The van der Waals surface area contributed by atoms with Crippen LogP contribution in [0.2, 0.25) is 0 Å². The van der Waals surface area contributed by atoms with Crippen LogP contribution in [0.1, 0.15) is 12.0 Å². The molecule has 2 aromatic rings. The summed E-state index contributed by atoms with van der Waals surface area (Å²) in [4.78, 5) is 26.5. The standard InChI is InChI=1S/C19H17FN2O4/c1-11-6-13(20)2-4-15(11)21-19(24)12-7-18(23)22(9-12)14-3-5-16-17(8-14)26-10-25-16/h2-6,8,12H,7,9-10H2,1H3,(H,21,24). The van der Waals surface area contributed by atoms with Crippen LogP contribution in [0.5, 0.6) is 11.5 Å². The van der Waals surface area contributed by atoms with Crippen molar-refractivity contribution < 1.29 is 23.5 Å². The molecule has 2 aromatic carbocycles. The van der Waals surface area contributed by atoms with Gasteiger partial charge in [0, 0.05) is 30.4 Å². The number of nitrogens with one attached hydrogen (secondary N) is 1. The van der Waals surface area contributed by atoms with Crippen LogP contribution in [-0.2, 0) is 9.59 Å². The number of ether oxygens (including phenoxy) is 2. The van der Waals surface area contributed by atoms with Gasteiger partial charge in [-0.25, -0.2) is 4.39 Å². The minimum Gasteiger partial charge on any atom is -0.454 e. The van der Waals surface area contributed by atoms with E-state index in [2.05, 4.69) is 5.32 Å². The van der Waals surface area contributed by atoms with Gasteiger partial charge >= 0.3 is 0 Å². The van der Waals surface area contributed by atoms with Gasteiger partial charge in [0.25, 0.3) is 0 Å². The minimum absolute atomic E-state index is 0.125. The number of nitrogens with zero attached hydrogens (tertiary/aromatic N) is 1. The Labute approximate surface area is 149 Å². The van der Waals surface area contributed by atoms with Crippen LogP contribution < -0.4 is 19.7 Å². The maximum atomic E-state index is 13.2.